The zero-order valence-corrected chi connectivity index (χ0v) is 13.3. The van der Waals surface area contributed by atoms with Crippen molar-refractivity contribution < 1.29 is 14.3 Å². The second-order valence-corrected chi connectivity index (χ2v) is 5.23. The molecule has 4 heteroatoms. The molecule has 0 N–H and O–H groups in total. The summed E-state index contributed by atoms with van der Waals surface area (Å²) in [4.78, 5) is 11.1. The minimum atomic E-state index is -0.407. The Morgan fingerprint density at radius 2 is 1.91 bits per heavy atom. The van der Waals surface area contributed by atoms with Crippen molar-refractivity contribution in [2.24, 2.45) is 0 Å². The van der Waals surface area contributed by atoms with Crippen molar-refractivity contribution in [3.05, 3.63) is 70.3 Å². The molecule has 0 heterocycles. The first-order valence-electron chi connectivity index (χ1n) is 6.82. The van der Waals surface area contributed by atoms with Crippen LogP contribution in [0, 0.1) is 6.92 Å². The summed E-state index contributed by atoms with van der Waals surface area (Å²) in [5, 5.41) is 0.499. The summed E-state index contributed by atoms with van der Waals surface area (Å²) in [7, 11) is 1.33. The first-order valence-corrected chi connectivity index (χ1v) is 7.20. The molecule has 0 bridgehead atoms. The maximum absolute atomic E-state index is 11.1. The largest absolute Gasteiger partial charge is 0.487 e. The maximum atomic E-state index is 11.1. The van der Waals surface area contributed by atoms with Gasteiger partial charge in [-0.15, -0.1) is 0 Å². The van der Waals surface area contributed by atoms with E-state index in [4.69, 9.17) is 16.3 Å². The highest BCUT2D eigenvalue weighted by Crippen LogP contribution is 2.26. The van der Waals surface area contributed by atoms with E-state index in [1.807, 2.05) is 37.3 Å². The Labute approximate surface area is 135 Å². The molecule has 0 saturated carbocycles. The van der Waals surface area contributed by atoms with Gasteiger partial charge >= 0.3 is 5.97 Å². The summed E-state index contributed by atoms with van der Waals surface area (Å²) in [6, 6.07) is 13.5. The number of benzene rings is 2. The molecular weight excluding hydrogens is 300 g/mol. The molecule has 0 unspecified atom stereocenters. The van der Waals surface area contributed by atoms with E-state index in [-0.39, 0.29) is 0 Å². The van der Waals surface area contributed by atoms with E-state index in [0.717, 1.165) is 11.1 Å². The second kappa shape index (κ2) is 7.66. The summed E-state index contributed by atoms with van der Waals surface area (Å²) >= 11 is 6.19. The minimum Gasteiger partial charge on any atom is -0.487 e. The van der Waals surface area contributed by atoms with E-state index in [1.165, 1.54) is 18.7 Å². The van der Waals surface area contributed by atoms with E-state index in [0.29, 0.717) is 17.4 Å². The van der Waals surface area contributed by atoms with Gasteiger partial charge in [-0.05, 0) is 36.3 Å². The van der Waals surface area contributed by atoms with Crippen LogP contribution < -0.4 is 4.74 Å². The fourth-order valence-corrected chi connectivity index (χ4v) is 2.06. The van der Waals surface area contributed by atoms with Gasteiger partial charge in [-0.1, -0.05) is 47.5 Å². The van der Waals surface area contributed by atoms with Gasteiger partial charge in [-0.25, -0.2) is 4.79 Å². The number of esters is 1. The third-order valence-electron chi connectivity index (χ3n) is 3.08. The number of rotatable bonds is 5. The highest BCUT2D eigenvalue weighted by Gasteiger charge is 2.03. The quantitative estimate of drug-likeness (QED) is 0.605. The maximum Gasteiger partial charge on any atom is 0.330 e. The van der Waals surface area contributed by atoms with E-state index >= 15 is 0 Å². The molecule has 0 aromatic heterocycles. The van der Waals surface area contributed by atoms with Gasteiger partial charge in [0.1, 0.15) is 12.4 Å². The zero-order chi connectivity index (χ0) is 15.9. The predicted octanol–water partition coefficient (Wildman–Crippen LogP) is 4.41. The van der Waals surface area contributed by atoms with E-state index in [2.05, 4.69) is 4.74 Å². The molecule has 22 heavy (non-hydrogen) atoms. The monoisotopic (exact) mass is 316 g/mol. The highest BCUT2D eigenvalue weighted by atomic mass is 35.5. The molecule has 0 fully saturated rings. The average molecular weight is 317 g/mol. The number of ether oxygens (including phenoxy) is 2. The first kappa shape index (κ1) is 16.1. The number of carbonyl (C=O) groups excluding carboxylic acids is 1. The smallest absolute Gasteiger partial charge is 0.330 e. The standard InChI is InChI=1S/C18H17ClO3/c1-13-3-5-15(6-4-13)12-22-17-9-7-14(11-16(17)19)8-10-18(20)21-2/h3-11H,12H2,1-2H3/b10-8+. The van der Waals surface area contributed by atoms with Gasteiger partial charge in [0.2, 0.25) is 0 Å². The van der Waals surface area contributed by atoms with Gasteiger partial charge in [0.05, 0.1) is 12.1 Å². The first-order chi connectivity index (χ1) is 10.6. The van der Waals surface area contributed by atoms with Crippen LogP contribution in [0.15, 0.2) is 48.5 Å². The van der Waals surface area contributed by atoms with Crippen LogP contribution in [-0.4, -0.2) is 13.1 Å². The Balaban J connectivity index is 2.02. The van der Waals surface area contributed by atoms with Gasteiger partial charge in [0, 0.05) is 6.08 Å². The fraction of sp³-hybridized carbons (Fsp3) is 0.167. The van der Waals surface area contributed by atoms with Crippen LogP contribution in [0.2, 0.25) is 5.02 Å². The van der Waals surface area contributed by atoms with Crippen LogP contribution in [0.1, 0.15) is 16.7 Å². The van der Waals surface area contributed by atoms with Gasteiger partial charge in [0.25, 0.3) is 0 Å². The van der Waals surface area contributed by atoms with Crippen LogP contribution in [0.5, 0.6) is 5.75 Å². The van der Waals surface area contributed by atoms with Crippen molar-refractivity contribution in [2.45, 2.75) is 13.5 Å². The Bertz CT molecular complexity index is 675. The summed E-state index contributed by atoms with van der Waals surface area (Å²) in [5.41, 5.74) is 3.10. The number of hydrogen-bond donors (Lipinski definition) is 0. The van der Waals surface area contributed by atoms with E-state index in [9.17, 15) is 4.79 Å². The third-order valence-corrected chi connectivity index (χ3v) is 3.38. The molecule has 0 radical (unpaired) electrons. The van der Waals surface area contributed by atoms with Gasteiger partial charge in [0.15, 0.2) is 0 Å². The lowest BCUT2D eigenvalue weighted by molar-refractivity contribution is -0.134. The Hall–Kier alpha value is -2.26. The van der Waals surface area contributed by atoms with Crippen LogP contribution in [0.25, 0.3) is 6.08 Å². The SMILES string of the molecule is COC(=O)/C=C/c1ccc(OCc2ccc(C)cc2)c(Cl)c1. The molecule has 2 aromatic rings. The fourth-order valence-electron chi connectivity index (χ4n) is 1.82. The molecule has 0 aliphatic heterocycles. The lowest BCUT2D eigenvalue weighted by Crippen LogP contribution is -1.96. The minimum absolute atomic E-state index is 0.407. The molecular formula is C18H17ClO3. The molecule has 0 atom stereocenters. The molecule has 0 saturated heterocycles. The number of carbonyl (C=O) groups is 1. The molecule has 0 amide bonds. The number of aryl methyl sites for hydroxylation is 1. The molecule has 2 aromatic carbocycles. The number of hydrogen-bond acceptors (Lipinski definition) is 3. The number of methoxy groups -OCH3 is 1. The molecule has 0 aliphatic rings. The topological polar surface area (TPSA) is 35.5 Å². The second-order valence-electron chi connectivity index (χ2n) is 4.82. The van der Waals surface area contributed by atoms with Gasteiger partial charge < -0.3 is 9.47 Å². The lowest BCUT2D eigenvalue weighted by Gasteiger charge is -2.09. The number of halogens is 1. The molecule has 3 nitrogen and oxygen atoms in total. The summed E-state index contributed by atoms with van der Waals surface area (Å²) in [6.07, 6.45) is 2.99. The van der Waals surface area contributed by atoms with Crippen molar-refractivity contribution >= 4 is 23.6 Å². The summed E-state index contributed by atoms with van der Waals surface area (Å²) in [6.45, 7) is 2.50. The molecule has 0 aliphatic carbocycles. The third kappa shape index (κ3) is 4.64. The molecule has 114 valence electrons. The van der Waals surface area contributed by atoms with Crippen molar-refractivity contribution in [1.29, 1.82) is 0 Å². The zero-order valence-electron chi connectivity index (χ0n) is 12.5. The van der Waals surface area contributed by atoms with Crippen LogP contribution in [0.4, 0.5) is 0 Å². The van der Waals surface area contributed by atoms with Crippen LogP contribution >= 0.6 is 11.6 Å². The van der Waals surface area contributed by atoms with Gasteiger partial charge in [-0.2, -0.15) is 0 Å². The summed E-state index contributed by atoms with van der Waals surface area (Å²) < 4.78 is 10.3. The van der Waals surface area contributed by atoms with Crippen molar-refractivity contribution in [3.8, 4) is 5.75 Å². The average Bonchev–Trinajstić information content (AvgIpc) is 2.53. The Morgan fingerprint density at radius 3 is 2.55 bits per heavy atom. The Morgan fingerprint density at radius 1 is 1.18 bits per heavy atom. The lowest BCUT2D eigenvalue weighted by atomic mass is 10.1. The van der Waals surface area contributed by atoms with E-state index in [1.54, 1.807) is 18.2 Å². The van der Waals surface area contributed by atoms with E-state index < -0.39 is 5.97 Å². The van der Waals surface area contributed by atoms with Gasteiger partial charge in [-0.3, -0.25) is 0 Å². The summed E-state index contributed by atoms with van der Waals surface area (Å²) in [5.74, 6) is 0.202. The Kier molecular flexibility index (Phi) is 5.61. The molecule has 0 spiro atoms. The molecule has 2 rings (SSSR count). The van der Waals surface area contributed by atoms with Crippen molar-refractivity contribution in [3.63, 3.8) is 0 Å². The van der Waals surface area contributed by atoms with Crippen LogP contribution in [-0.2, 0) is 16.1 Å². The van der Waals surface area contributed by atoms with Crippen molar-refractivity contribution in [2.75, 3.05) is 7.11 Å². The normalized spacial score (nSPS) is 10.7. The van der Waals surface area contributed by atoms with Crippen molar-refractivity contribution in [1.82, 2.24) is 0 Å². The predicted molar refractivity (Wildman–Crippen MR) is 88.0 cm³/mol. The highest BCUT2D eigenvalue weighted by molar-refractivity contribution is 6.32. The van der Waals surface area contributed by atoms with Crippen LogP contribution in [0.3, 0.4) is 0 Å².